The standard InChI is InChI=1S/C27H23BrFN3O4S/c1-3-35-22-12-17(13-24-26(34)32-27(37-24)31-20-8-4-16(2)5-9-20)21(28)14-23(22)36-15-25(33)30-19-10-6-18(29)7-11-19/h4-14H,3,15H2,1-2H3,(H,30,33)(H,31,32,34)/b24-13+. The van der Waals surface area contributed by atoms with Crippen LogP contribution in [-0.4, -0.2) is 30.2 Å². The number of hydrogen-bond acceptors (Lipinski definition) is 6. The molecule has 1 saturated heterocycles. The predicted molar refractivity (Wildman–Crippen MR) is 148 cm³/mol. The van der Waals surface area contributed by atoms with E-state index in [4.69, 9.17) is 9.47 Å². The molecule has 2 N–H and O–H groups in total. The van der Waals surface area contributed by atoms with Crippen LogP contribution in [0.25, 0.3) is 6.08 Å². The second kappa shape index (κ2) is 12.1. The Labute approximate surface area is 226 Å². The van der Waals surface area contributed by atoms with Crippen molar-refractivity contribution in [2.75, 3.05) is 18.5 Å². The van der Waals surface area contributed by atoms with E-state index in [1.165, 1.54) is 36.0 Å². The van der Waals surface area contributed by atoms with Gasteiger partial charge in [-0.1, -0.05) is 33.6 Å². The first-order valence-electron chi connectivity index (χ1n) is 11.3. The fourth-order valence-electron chi connectivity index (χ4n) is 3.27. The van der Waals surface area contributed by atoms with Crippen LogP contribution in [0.2, 0.25) is 0 Å². The van der Waals surface area contributed by atoms with Gasteiger partial charge in [-0.25, -0.2) is 9.38 Å². The van der Waals surface area contributed by atoms with Crippen LogP contribution in [-0.2, 0) is 9.59 Å². The Bertz CT molecular complexity index is 1380. The summed E-state index contributed by atoms with van der Waals surface area (Å²) in [6.07, 6.45) is 1.73. The number of carbonyl (C=O) groups excluding carboxylic acids is 2. The Balaban J connectivity index is 1.48. The zero-order valence-electron chi connectivity index (χ0n) is 20.0. The monoisotopic (exact) mass is 583 g/mol. The molecule has 1 aliphatic heterocycles. The lowest BCUT2D eigenvalue weighted by Gasteiger charge is -2.14. The molecule has 7 nitrogen and oxygen atoms in total. The molecule has 37 heavy (non-hydrogen) atoms. The quantitative estimate of drug-likeness (QED) is 0.308. The molecule has 10 heteroatoms. The average molecular weight is 584 g/mol. The highest BCUT2D eigenvalue weighted by Crippen LogP contribution is 2.37. The summed E-state index contributed by atoms with van der Waals surface area (Å²) in [6.45, 7) is 3.93. The van der Waals surface area contributed by atoms with Gasteiger partial charge < -0.3 is 20.1 Å². The van der Waals surface area contributed by atoms with Crippen molar-refractivity contribution in [2.45, 2.75) is 13.8 Å². The van der Waals surface area contributed by atoms with Gasteiger partial charge in [0, 0.05) is 10.2 Å². The maximum Gasteiger partial charge on any atom is 0.264 e. The third-order valence-corrected chi connectivity index (χ3v) is 6.65. The highest BCUT2D eigenvalue weighted by atomic mass is 79.9. The Morgan fingerprint density at radius 1 is 1.11 bits per heavy atom. The smallest absolute Gasteiger partial charge is 0.264 e. The average Bonchev–Trinajstić information content (AvgIpc) is 3.21. The Hall–Kier alpha value is -3.63. The minimum absolute atomic E-state index is 0.251. The summed E-state index contributed by atoms with van der Waals surface area (Å²) in [5.74, 6) is -0.271. The van der Waals surface area contributed by atoms with Gasteiger partial charge in [0.05, 0.1) is 17.2 Å². The van der Waals surface area contributed by atoms with Crippen LogP contribution in [0.3, 0.4) is 0 Å². The summed E-state index contributed by atoms with van der Waals surface area (Å²) in [7, 11) is 0. The number of ether oxygens (including phenoxy) is 2. The van der Waals surface area contributed by atoms with Gasteiger partial charge >= 0.3 is 0 Å². The van der Waals surface area contributed by atoms with Crippen molar-refractivity contribution in [3.05, 3.63) is 87.0 Å². The number of amides is 2. The number of rotatable bonds is 8. The normalized spacial score (nSPS) is 15.1. The van der Waals surface area contributed by atoms with Crippen LogP contribution in [0.4, 0.5) is 15.8 Å². The van der Waals surface area contributed by atoms with Crippen molar-refractivity contribution >= 4 is 62.1 Å². The molecule has 190 valence electrons. The van der Waals surface area contributed by atoms with Gasteiger partial charge in [-0.3, -0.25) is 9.59 Å². The van der Waals surface area contributed by atoms with Crippen molar-refractivity contribution in [1.82, 2.24) is 5.32 Å². The molecular formula is C27H23BrFN3O4S. The second-order valence-electron chi connectivity index (χ2n) is 7.91. The number of aliphatic imine (C=N–C) groups is 1. The molecule has 3 aromatic carbocycles. The third-order valence-electron chi connectivity index (χ3n) is 5.05. The molecule has 0 spiro atoms. The van der Waals surface area contributed by atoms with Crippen LogP contribution < -0.4 is 20.1 Å². The number of nitrogens with one attached hydrogen (secondary N) is 2. The van der Waals surface area contributed by atoms with Crippen LogP contribution in [0.5, 0.6) is 11.5 Å². The summed E-state index contributed by atoms with van der Waals surface area (Å²) in [6, 6.07) is 16.6. The molecule has 0 atom stereocenters. The van der Waals surface area contributed by atoms with Crippen molar-refractivity contribution in [2.24, 2.45) is 4.99 Å². The first kappa shape index (κ1) is 26.4. The van der Waals surface area contributed by atoms with Crippen LogP contribution in [0.15, 0.2) is 75.0 Å². The molecule has 2 amide bonds. The lowest BCUT2D eigenvalue weighted by Crippen LogP contribution is -2.20. The molecule has 1 aliphatic rings. The van der Waals surface area contributed by atoms with E-state index in [2.05, 4.69) is 31.6 Å². The van der Waals surface area contributed by atoms with Gasteiger partial charge in [0.15, 0.2) is 23.3 Å². The number of halogens is 2. The highest BCUT2D eigenvalue weighted by Gasteiger charge is 2.24. The first-order chi connectivity index (χ1) is 17.8. The molecule has 0 aromatic heterocycles. The fourth-order valence-corrected chi connectivity index (χ4v) is 4.54. The molecule has 1 heterocycles. The van der Waals surface area contributed by atoms with Gasteiger partial charge in [0.2, 0.25) is 0 Å². The fraction of sp³-hybridized carbons (Fsp3) is 0.148. The number of carbonyl (C=O) groups is 2. The number of nitrogens with zero attached hydrogens (tertiary/aromatic N) is 1. The summed E-state index contributed by atoms with van der Waals surface area (Å²) in [5.41, 5.74) is 3.03. The van der Waals surface area contributed by atoms with Gasteiger partial charge in [-0.15, -0.1) is 0 Å². The van der Waals surface area contributed by atoms with Crippen molar-refractivity contribution in [3.8, 4) is 11.5 Å². The zero-order valence-corrected chi connectivity index (χ0v) is 22.4. The topological polar surface area (TPSA) is 89.0 Å². The molecule has 0 unspecified atom stereocenters. The van der Waals surface area contributed by atoms with Gasteiger partial charge in [0.1, 0.15) is 5.82 Å². The molecule has 0 saturated carbocycles. The lowest BCUT2D eigenvalue weighted by molar-refractivity contribution is -0.118. The summed E-state index contributed by atoms with van der Waals surface area (Å²) in [5, 5.41) is 5.92. The van der Waals surface area contributed by atoms with E-state index in [0.29, 0.717) is 43.9 Å². The number of amidine groups is 1. The lowest BCUT2D eigenvalue weighted by atomic mass is 10.2. The SMILES string of the molecule is CCOc1cc(/C=C2/SC(=Nc3ccc(C)cc3)NC2=O)c(Br)cc1OCC(=O)Nc1ccc(F)cc1. The number of thioether (sulfide) groups is 1. The minimum atomic E-state index is -0.407. The maximum atomic E-state index is 13.1. The maximum absolute atomic E-state index is 13.1. The van der Waals surface area contributed by atoms with Crippen molar-refractivity contribution < 1.29 is 23.5 Å². The van der Waals surface area contributed by atoms with E-state index in [1.54, 1.807) is 18.2 Å². The van der Waals surface area contributed by atoms with Crippen LogP contribution >= 0.6 is 27.7 Å². The minimum Gasteiger partial charge on any atom is -0.490 e. The van der Waals surface area contributed by atoms with E-state index >= 15 is 0 Å². The molecular weight excluding hydrogens is 561 g/mol. The largest absolute Gasteiger partial charge is 0.490 e. The first-order valence-corrected chi connectivity index (χ1v) is 12.9. The van der Waals surface area contributed by atoms with Crippen molar-refractivity contribution in [1.29, 1.82) is 0 Å². The van der Waals surface area contributed by atoms with Gasteiger partial charge in [-0.05, 0) is 85.8 Å². The Kier molecular flexibility index (Phi) is 8.62. The van der Waals surface area contributed by atoms with E-state index in [-0.39, 0.29) is 12.5 Å². The second-order valence-corrected chi connectivity index (χ2v) is 9.80. The zero-order chi connectivity index (χ0) is 26.4. The number of hydrogen-bond donors (Lipinski definition) is 2. The number of benzene rings is 3. The summed E-state index contributed by atoms with van der Waals surface area (Å²) in [4.78, 5) is 29.8. The van der Waals surface area contributed by atoms with E-state index in [9.17, 15) is 14.0 Å². The molecule has 0 bridgehead atoms. The molecule has 4 rings (SSSR count). The summed E-state index contributed by atoms with van der Waals surface area (Å²) >= 11 is 4.76. The Morgan fingerprint density at radius 2 is 1.81 bits per heavy atom. The summed E-state index contributed by atoms with van der Waals surface area (Å²) < 4.78 is 25.1. The third kappa shape index (κ3) is 7.21. The predicted octanol–water partition coefficient (Wildman–Crippen LogP) is 6.20. The molecule has 0 radical (unpaired) electrons. The molecule has 3 aromatic rings. The van der Waals surface area contributed by atoms with Gasteiger partial charge in [0.25, 0.3) is 11.8 Å². The van der Waals surface area contributed by atoms with Gasteiger partial charge in [-0.2, -0.15) is 0 Å². The van der Waals surface area contributed by atoms with E-state index in [1.807, 2.05) is 38.1 Å². The highest BCUT2D eigenvalue weighted by molar-refractivity contribution is 9.10. The van der Waals surface area contributed by atoms with Crippen LogP contribution in [0.1, 0.15) is 18.1 Å². The van der Waals surface area contributed by atoms with Crippen LogP contribution in [0, 0.1) is 12.7 Å². The molecule has 0 aliphatic carbocycles. The number of anilines is 1. The van der Waals surface area contributed by atoms with E-state index < -0.39 is 11.7 Å². The Morgan fingerprint density at radius 3 is 2.51 bits per heavy atom. The van der Waals surface area contributed by atoms with E-state index in [0.717, 1.165) is 11.3 Å². The molecule has 1 fully saturated rings. The number of aryl methyl sites for hydroxylation is 1. The van der Waals surface area contributed by atoms with Crippen molar-refractivity contribution in [3.63, 3.8) is 0 Å².